The van der Waals surface area contributed by atoms with Crippen LogP contribution < -0.4 is 10.1 Å². The topological polar surface area (TPSA) is 69.0 Å². The van der Waals surface area contributed by atoms with Crippen molar-refractivity contribution in [1.82, 2.24) is 14.8 Å². The maximum Gasteiger partial charge on any atom is 0.237 e. The lowest BCUT2D eigenvalue weighted by Gasteiger charge is -2.15. The van der Waals surface area contributed by atoms with Gasteiger partial charge in [-0.25, -0.2) is 4.39 Å². The van der Waals surface area contributed by atoms with Crippen LogP contribution in [0.3, 0.4) is 0 Å². The monoisotopic (exact) mass is 482 g/mol. The van der Waals surface area contributed by atoms with Gasteiger partial charge in [0.15, 0.2) is 11.0 Å². The molecule has 3 aromatic carbocycles. The molecule has 0 bridgehead atoms. The molecular weight excluding hydrogens is 463 g/mol. The van der Waals surface area contributed by atoms with E-state index in [0.717, 1.165) is 11.8 Å². The molecule has 0 saturated carbocycles. The van der Waals surface area contributed by atoms with Crippen LogP contribution in [0.5, 0.6) is 5.75 Å². The summed E-state index contributed by atoms with van der Waals surface area (Å²) in [5.74, 6) is 0.231. The fraction of sp³-hybridized carbons (Fsp3) is 0.125. The van der Waals surface area contributed by atoms with Crippen LogP contribution in [-0.4, -0.2) is 33.0 Å². The molecule has 0 aliphatic heterocycles. The Morgan fingerprint density at radius 2 is 1.76 bits per heavy atom. The predicted octanol–water partition coefficient (Wildman–Crippen LogP) is 5.85. The fourth-order valence-electron chi connectivity index (χ4n) is 3.21. The number of thioether (sulfide) groups is 1. The Morgan fingerprint density at radius 1 is 1.06 bits per heavy atom. The van der Waals surface area contributed by atoms with Gasteiger partial charge in [0, 0.05) is 5.56 Å². The Hall–Kier alpha value is -3.36. The first-order valence-corrected chi connectivity index (χ1v) is 11.3. The molecule has 9 heteroatoms. The van der Waals surface area contributed by atoms with Crippen molar-refractivity contribution in [1.29, 1.82) is 0 Å². The Balaban J connectivity index is 1.69. The third-order valence-electron chi connectivity index (χ3n) is 4.86. The standard InChI is InChI=1S/C24H20ClFN4O2S/c1-15(23(31)27-19-12-6-8-14-21(19)32-2)33-24-29-28-22(16-9-3-4-10-17(16)25)30(24)20-13-7-5-11-18(20)26/h3-15H,1-2H3,(H,27,31). The SMILES string of the molecule is COc1ccccc1NC(=O)C(C)Sc1nnc(-c2ccccc2Cl)n1-c1ccccc1F. The number of nitrogens with one attached hydrogen (secondary N) is 1. The number of methoxy groups -OCH3 is 1. The zero-order valence-electron chi connectivity index (χ0n) is 17.8. The lowest BCUT2D eigenvalue weighted by Crippen LogP contribution is -2.23. The number of ether oxygens (including phenoxy) is 1. The van der Waals surface area contributed by atoms with E-state index in [9.17, 15) is 9.18 Å². The van der Waals surface area contributed by atoms with E-state index in [1.54, 1.807) is 66.1 Å². The maximum absolute atomic E-state index is 14.8. The van der Waals surface area contributed by atoms with Gasteiger partial charge in [-0.1, -0.05) is 59.8 Å². The molecule has 0 saturated heterocycles. The fourth-order valence-corrected chi connectivity index (χ4v) is 4.29. The van der Waals surface area contributed by atoms with Gasteiger partial charge in [-0.05, 0) is 43.3 Å². The van der Waals surface area contributed by atoms with Gasteiger partial charge in [0.1, 0.15) is 11.6 Å². The molecule has 1 N–H and O–H groups in total. The van der Waals surface area contributed by atoms with Gasteiger partial charge in [0.05, 0.1) is 28.8 Å². The van der Waals surface area contributed by atoms with Gasteiger partial charge < -0.3 is 10.1 Å². The summed E-state index contributed by atoms with van der Waals surface area (Å²) < 4.78 is 21.7. The Kier molecular flexibility index (Phi) is 6.96. The highest BCUT2D eigenvalue weighted by Crippen LogP contribution is 2.34. The second kappa shape index (κ2) is 10.1. The summed E-state index contributed by atoms with van der Waals surface area (Å²) in [5.41, 5.74) is 1.43. The highest BCUT2D eigenvalue weighted by Gasteiger charge is 2.24. The number of hydrogen-bond donors (Lipinski definition) is 1. The molecule has 0 radical (unpaired) electrons. The first-order chi connectivity index (χ1) is 16.0. The molecule has 0 spiro atoms. The summed E-state index contributed by atoms with van der Waals surface area (Å²) in [7, 11) is 1.54. The van der Waals surface area contributed by atoms with E-state index < -0.39 is 11.1 Å². The van der Waals surface area contributed by atoms with Crippen molar-refractivity contribution in [2.75, 3.05) is 12.4 Å². The summed E-state index contributed by atoms with van der Waals surface area (Å²) in [6.45, 7) is 1.74. The molecule has 6 nitrogen and oxygen atoms in total. The second-order valence-electron chi connectivity index (χ2n) is 7.02. The number of aromatic nitrogens is 3. The van der Waals surface area contributed by atoms with Crippen LogP contribution in [0.2, 0.25) is 5.02 Å². The Morgan fingerprint density at radius 3 is 2.52 bits per heavy atom. The lowest BCUT2D eigenvalue weighted by atomic mass is 10.2. The van der Waals surface area contributed by atoms with E-state index in [-0.39, 0.29) is 11.6 Å². The number of halogens is 2. The van der Waals surface area contributed by atoms with E-state index in [4.69, 9.17) is 16.3 Å². The lowest BCUT2D eigenvalue weighted by molar-refractivity contribution is -0.115. The maximum atomic E-state index is 14.8. The number of anilines is 1. The molecule has 0 aliphatic rings. The predicted molar refractivity (Wildman–Crippen MR) is 129 cm³/mol. The van der Waals surface area contributed by atoms with E-state index in [0.29, 0.717) is 33.0 Å². The smallest absolute Gasteiger partial charge is 0.237 e. The third kappa shape index (κ3) is 4.86. The summed E-state index contributed by atoms with van der Waals surface area (Å²) in [5, 5.41) is 11.7. The van der Waals surface area contributed by atoms with Gasteiger partial charge in [-0.3, -0.25) is 9.36 Å². The van der Waals surface area contributed by atoms with Crippen LogP contribution >= 0.6 is 23.4 Å². The highest BCUT2D eigenvalue weighted by molar-refractivity contribution is 8.00. The van der Waals surface area contributed by atoms with Crippen molar-refractivity contribution in [2.45, 2.75) is 17.3 Å². The van der Waals surface area contributed by atoms with Crippen LogP contribution in [0.15, 0.2) is 78.0 Å². The Labute approximate surface area is 199 Å². The number of benzene rings is 3. The van der Waals surface area contributed by atoms with Gasteiger partial charge >= 0.3 is 0 Å². The number of amides is 1. The van der Waals surface area contributed by atoms with Crippen molar-refractivity contribution in [3.63, 3.8) is 0 Å². The molecule has 1 heterocycles. The molecule has 168 valence electrons. The minimum absolute atomic E-state index is 0.258. The second-order valence-corrected chi connectivity index (χ2v) is 8.74. The van der Waals surface area contributed by atoms with Gasteiger partial charge in [-0.2, -0.15) is 0 Å². The average Bonchev–Trinajstić information content (AvgIpc) is 3.22. The number of rotatable bonds is 7. The molecule has 1 aromatic heterocycles. The van der Waals surface area contributed by atoms with Crippen molar-refractivity contribution < 1.29 is 13.9 Å². The molecule has 1 amide bonds. The number of nitrogens with zero attached hydrogens (tertiary/aromatic N) is 3. The molecule has 1 atom stereocenters. The van der Waals surface area contributed by atoms with Crippen LogP contribution in [0, 0.1) is 5.82 Å². The van der Waals surface area contributed by atoms with Crippen molar-refractivity contribution in [2.24, 2.45) is 0 Å². The van der Waals surface area contributed by atoms with Crippen molar-refractivity contribution in [3.8, 4) is 22.8 Å². The molecular formula is C24H20ClFN4O2S. The zero-order valence-corrected chi connectivity index (χ0v) is 19.4. The van der Waals surface area contributed by atoms with Gasteiger partial charge in [0.25, 0.3) is 0 Å². The molecule has 1 unspecified atom stereocenters. The summed E-state index contributed by atoms with van der Waals surface area (Å²) in [6.07, 6.45) is 0. The van der Waals surface area contributed by atoms with Crippen LogP contribution in [0.25, 0.3) is 17.1 Å². The molecule has 33 heavy (non-hydrogen) atoms. The quantitative estimate of drug-likeness (QED) is 0.334. The molecule has 4 rings (SSSR count). The number of carbonyl (C=O) groups is 1. The number of carbonyl (C=O) groups excluding carboxylic acids is 1. The molecule has 4 aromatic rings. The molecule has 0 aliphatic carbocycles. The van der Waals surface area contributed by atoms with Crippen LogP contribution in [0.1, 0.15) is 6.92 Å². The van der Waals surface area contributed by atoms with Gasteiger partial charge in [0.2, 0.25) is 5.91 Å². The van der Waals surface area contributed by atoms with Crippen LogP contribution in [-0.2, 0) is 4.79 Å². The first-order valence-electron chi connectivity index (χ1n) is 10.1. The Bertz CT molecular complexity index is 1300. The minimum atomic E-state index is -0.566. The third-order valence-corrected chi connectivity index (χ3v) is 6.23. The van der Waals surface area contributed by atoms with Crippen LogP contribution in [0.4, 0.5) is 10.1 Å². The number of hydrogen-bond acceptors (Lipinski definition) is 5. The number of para-hydroxylation sites is 3. The van der Waals surface area contributed by atoms with Gasteiger partial charge in [-0.15, -0.1) is 10.2 Å². The largest absolute Gasteiger partial charge is 0.495 e. The summed E-state index contributed by atoms with van der Waals surface area (Å²) in [6, 6.07) is 20.6. The highest BCUT2D eigenvalue weighted by atomic mass is 35.5. The van der Waals surface area contributed by atoms with E-state index in [2.05, 4.69) is 15.5 Å². The summed E-state index contributed by atoms with van der Waals surface area (Å²) in [4.78, 5) is 12.9. The first kappa shape index (κ1) is 22.8. The van der Waals surface area contributed by atoms with Crippen molar-refractivity contribution in [3.05, 3.63) is 83.6 Å². The van der Waals surface area contributed by atoms with E-state index in [1.165, 1.54) is 13.2 Å². The van der Waals surface area contributed by atoms with Crippen molar-refractivity contribution >= 4 is 35.0 Å². The van der Waals surface area contributed by atoms with E-state index in [1.807, 2.05) is 12.1 Å². The minimum Gasteiger partial charge on any atom is -0.495 e. The molecule has 0 fully saturated rings. The average molecular weight is 483 g/mol. The van der Waals surface area contributed by atoms with E-state index >= 15 is 0 Å². The normalized spacial score (nSPS) is 11.8. The summed E-state index contributed by atoms with van der Waals surface area (Å²) >= 11 is 7.55. The zero-order chi connectivity index (χ0) is 23.4.